The third kappa shape index (κ3) is 4.38. The van der Waals surface area contributed by atoms with Crippen LogP contribution in [0.25, 0.3) is 10.9 Å². The highest BCUT2D eigenvalue weighted by Gasteiger charge is 2.24. The Kier molecular flexibility index (Phi) is 6.26. The van der Waals surface area contributed by atoms with Crippen molar-refractivity contribution in [3.05, 3.63) is 63.2 Å². The molecule has 1 aromatic carbocycles. The molecule has 0 atom stereocenters. The molecule has 3 aromatic rings. The third-order valence-electron chi connectivity index (χ3n) is 6.00. The minimum Gasteiger partial charge on any atom is -0.468 e. The largest absolute Gasteiger partial charge is 0.468 e. The van der Waals surface area contributed by atoms with Crippen LogP contribution in [-0.4, -0.2) is 52.8 Å². The van der Waals surface area contributed by atoms with Gasteiger partial charge in [-0.15, -0.1) is 0 Å². The van der Waals surface area contributed by atoms with Crippen molar-refractivity contribution in [2.24, 2.45) is 7.05 Å². The summed E-state index contributed by atoms with van der Waals surface area (Å²) in [4.78, 5) is 40.0. The van der Waals surface area contributed by atoms with Gasteiger partial charge in [0.1, 0.15) is 5.76 Å². The number of aromatic nitrogens is 2. The summed E-state index contributed by atoms with van der Waals surface area (Å²) in [6.07, 6.45) is 3.40. The Hall–Kier alpha value is -3.18. The van der Waals surface area contributed by atoms with Crippen LogP contribution in [0.3, 0.4) is 0 Å². The minimum atomic E-state index is -3.92. The first kappa shape index (κ1) is 23.0. The average Bonchev–Trinajstić information content (AvgIpc) is 3.51. The van der Waals surface area contributed by atoms with Gasteiger partial charge in [-0.3, -0.25) is 18.7 Å². The number of fused-ring (bicyclic) bond motifs is 1. The molecule has 0 bridgehead atoms. The summed E-state index contributed by atoms with van der Waals surface area (Å²) in [6.45, 7) is 1.35. The number of hydrogen-bond donors (Lipinski definition) is 0. The Morgan fingerprint density at radius 3 is 2.55 bits per heavy atom. The van der Waals surface area contributed by atoms with Crippen LogP contribution in [0.1, 0.15) is 25.0 Å². The maximum absolute atomic E-state index is 13.1. The Labute approximate surface area is 190 Å². The lowest BCUT2D eigenvalue weighted by Crippen LogP contribution is -2.40. The maximum atomic E-state index is 13.1. The number of carbonyl (C=O) groups is 1. The minimum absolute atomic E-state index is 0.0312. The molecule has 3 heterocycles. The lowest BCUT2D eigenvalue weighted by atomic mass is 10.2. The van der Waals surface area contributed by atoms with Gasteiger partial charge in [-0.2, -0.15) is 4.31 Å². The molecule has 0 aliphatic carbocycles. The van der Waals surface area contributed by atoms with Gasteiger partial charge in [0.2, 0.25) is 15.9 Å². The van der Waals surface area contributed by atoms with Crippen molar-refractivity contribution in [2.75, 3.05) is 20.1 Å². The van der Waals surface area contributed by atoms with E-state index in [9.17, 15) is 22.8 Å². The van der Waals surface area contributed by atoms with Crippen LogP contribution < -0.4 is 11.2 Å². The second-order valence-corrected chi connectivity index (χ2v) is 10.2. The molecule has 0 saturated carbocycles. The first-order chi connectivity index (χ1) is 15.7. The Bertz CT molecular complexity index is 1400. The van der Waals surface area contributed by atoms with Crippen LogP contribution in [0.15, 0.2) is 55.5 Å². The van der Waals surface area contributed by atoms with Crippen LogP contribution in [0, 0.1) is 0 Å². The molecule has 176 valence electrons. The molecule has 1 saturated heterocycles. The summed E-state index contributed by atoms with van der Waals surface area (Å²) in [6, 6.07) is 7.44. The quantitative estimate of drug-likeness (QED) is 0.507. The molecule has 4 rings (SSSR count). The zero-order valence-corrected chi connectivity index (χ0v) is 19.4. The van der Waals surface area contributed by atoms with Crippen molar-refractivity contribution in [3.8, 4) is 0 Å². The monoisotopic (exact) mass is 474 g/mol. The van der Waals surface area contributed by atoms with Crippen LogP contribution in [0.4, 0.5) is 0 Å². The van der Waals surface area contributed by atoms with Crippen molar-refractivity contribution in [2.45, 2.75) is 37.2 Å². The number of amides is 1. The summed E-state index contributed by atoms with van der Waals surface area (Å²) in [7, 11) is -0.983. The van der Waals surface area contributed by atoms with E-state index in [0.29, 0.717) is 24.4 Å². The standard InChI is InChI=1S/C22H26N4O6S/c1-23(15-16-6-5-13-32-16)33(30,31)17-7-8-19-18(14-17)21(28)26(22(29)24(19)2)12-9-20(27)25-10-3-4-11-25/h5-8,13-14H,3-4,9-12,15H2,1-2H3. The number of nitrogens with zero attached hydrogens (tertiary/aromatic N) is 4. The van der Waals surface area contributed by atoms with Crippen LogP contribution >= 0.6 is 0 Å². The normalized spacial score (nSPS) is 14.5. The molecule has 11 heteroatoms. The predicted molar refractivity (Wildman–Crippen MR) is 121 cm³/mol. The molecule has 1 aliphatic rings. The van der Waals surface area contributed by atoms with E-state index < -0.39 is 21.3 Å². The number of furan rings is 1. The van der Waals surface area contributed by atoms with Gasteiger partial charge in [-0.25, -0.2) is 13.2 Å². The van der Waals surface area contributed by atoms with E-state index in [0.717, 1.165) is 21.7 Å². The Morgan fingerprint density at radius 1 is 1.15 bits per heavy atom. The highest BCUT2D eigenvalue weighted by molar-refractivity contribution is 7.89. The molecule has 33 heavy (non-hydrogen) atoms. The van der Waals surface area contributed by atoms with E-state index in [-0.39, 0.29) is 35.7 Å². The fourth-order valence-electron chi connectivity index (χ4n) is 4.07. The number of aryl methyl sites for hydroxylation is 1. The summed E-state index contributed by atoms with van der Waals surface area (Å²) < 4.78 is 34.8. The van der Waals surface area contributed by atoms with Gasteiger partial charge in [0.05, 0.1) is 28.6 Å². The SMILES string of the molecule is CN(Cc1ccco1)S(=O)(=O)c1ccc2c(c1)c(=O)n(CCC(=O)N1CCCC1)c(=O)n2C. The predicted octanol–water partition coefficient (Wildman–Crippen LogP) is 1.13. The van der Waals surface area contributed by atoms with E-state index >= 15 is 0 Å². The fourth-order valence-corrected chi connectivity index (χ4v) is 5.24. The van der Waals surface area contributed by atoms with Crippen molar-refractivity contribution < 1.29 is 17.6 Å². The summed E-state index contributed by atoms with van der Waals surface area (Å²) in [5.41, 5.74) is -0.847. The summed E-state index contributed by atoms with van der Waals surface area (Å²) in [5, 5.41) is 0.0956. The van der Waals surface area contributed by atoms with E-state index in [4.69, 9.17) is 4.42 Å². The average molecular weight is 475 g/mol. The van der Waals surface area contributed by atoms with Gasteiger partial charge in [-0.1, -0.05) is 0 Å². The van der Waals surface area contributed by atoms with Gasteiger partial charge in [0, 0.05) is 40.2 Å². The second-order valence-electron chi connectivity index (χ2n) is 8.16. The highest BCUT2D eigenvalue weighted by Crippen LogP contribution is 2.20. The number of sulfonamides is 1. The van der Waals surface area contributed by atoms with Gasteiger partial charge in [-0.05, 0) is 43.2 Å². The van der Waals surface area contributed by atoms with E-state index in [1.807, 2.05) is 0 Å². The molecule has 10 nitrogen and oxygen atoms in total. The molecule has 0 N–H and O–H groups in total. The van der Waals surface area contributed by atoms with Crippen molar-refractivity contribution in [1.29, 1.82) is 0 Å². The first-order valence-corrected chi connectivity index (χ1v) is 12.1. The molecular weight excluding hydrogens is 448 g/mol. The van der Waals surface area contributed by atoms with Crippen molar-refractivity contribution in [3.63, 3.8) is 0 Å². The third-order valence-corrected chi connectivity index (χ3v) is 7.80. The molecule has 0 spiro atoms. The molecule has 0 radical (unpaired) electrons. The van der Waals surface area contributed by atoms with E-state index in [1.54, 1.807) is 17.0 Å². The zero-order chi connectivity index (χ0) is 23.8. The first-order valence-electron chi connectivity index (χ1n) is 10.7. The molecular formula is C22H26N4O6S. The lowest BCUT2D eigenvalue weighted by Gasteiger charge is -2.17. The molecule has 0 unspecified atom stereocenters. The molecule has 2 aromatic heterocycles. The molecule has 1 aliphatic heterocycles. The van der Waals surface area contributed by atoms with Crippen LogP contribution in [-0.2, 0) is 35.0 Å². The lowest BCUT2D eigenvalue weighted by molar-refractivity contribution is -0.130. The highest BCUT2D eigenvalue weighted by atomic mass is 32.2. The van der Waals surface area contributed by atoms with Crippen LogP contribution in [0.5, 0.6) is 0 Å². The van der Waals surface area contributed by atoms with Gasteiger partial charge in [0.25, 0.3) is 5.56 Å². The van der Waals surface area contributed by atoms with E-state index in [1.165, 1.54) is 43.1 Å². The maximum Gasteiger partial charge on any atom is 0.331 e. The Balaban J connectivity index is 1.68. The number of likely N-dealkylation sites (tertiary alicyclic amines) is 1. The molecule has 1 fully saturated rings. The smallest absolute Gasteiger partial charge is 0.331 e. The molecule has 1 amide bonds. The van der Waals surface area contributed by atoms with Gasteiger partial charge < -0.3 is 9.32 Å². The fraction of sp³-hybridized carbons (Fsp3) is 0.409. The second kappa shape index (κ2) is 8.99. The Morgan fingerprint density at radius 2 is 1.88 bits per heavy atom. The summed E-state index contributed by atoms with van der Waals surface area (Å²) >= 11 is 0. The topological polar surface area (TPSA) is 115 Å². The number of rotatable bonds is 7. The van der Waals surface area contributed by atoms with Crippen molar-refractivity contribution >= 4 is 26.8 Å². The van der Waals surface area contributed by atoms with E-state index in [2.05, 4.69) is 0 Å². The van der Waals surface area contributed by atoms with Crippen LogP contribution in [0.2, 0.25) is 0 Å². The number of benzene rings is 1. The van der Waals surface area contributed by atoms with Gasteiger partial charge in [0.15, 0.2) is 0 Å². The van der Waals surface area contributed by atoms with Gasteiger partial charge >= 0.3 is 5.69 Å². The number of hydrogen-bond acceptors (Lipinski definition) is 6. The summed E-state index contributed by atoms with van der Waals surface area (Å²) in [5.74, 6) is 0.381. The van der Waals surface area contributed by atoms with Crippen molar-refractivity contribution in [1.82, 2.24) is 18.3 Å². The zero-order valence-electron chi connectivity index (χ0n) is 18.6. The number of carbonyl (C=O) groups excluding carboxylic acids is 1.